The molecule has 2 rings (SSSR count). The molecule has 1 heterocycles. The van der Waals surface area contributed by atoms with Crippen molar-refractivity contribution in [3.05, 3.63) is 35.1 Å². The van der Waals surface area contributed by atoms with Crippen molar-refractivity contribution in [1.29, 1.82) is 0 Å². The van der Waals surface area contributed by atoms with E-state index >= 15 is 0 Å². The molecule has 1 aromatic carbocycles. The fourth-order valence-electron chi connectivity index (χ4n) is 2.62. The number of rotatable bonds is 4. The van der Waals surface area contributed by atoms with E-state index in [-0.39, 0.29) is 11.6 Å². The van der Waals surface area contributed by atoms with E-state index in [1.54, 1.807) is 0 Å². The summed E-state index contributed by atoms with van der Waals surface area (Å²) >= 11 is 0. The highest BCUT2D eigenvalue weighted by molar-refractivity contribution is 5.25. The molecule has 0 aliphatic carbocycles. The molecule has 1 aliphatic rings. The Morgan fingerprint density at radius 3 is 2.42 bits per heavy atom. The van der Waals surface area contributed by atoms with Crippen LogP contribution in [0.1, 0.15) is 31.4 Å². The molecule has 0 bridgehead atoms. The second kappa shape index (κ2) is 6.39. The number of hydrogen-bond acceptors (Lipinski definition) is 2. The van der Waals surface area contributed by atoms with Crippen LogP contribution >= 0.6 is 0 Å². The monoisotopic (exact) mass is 272 g/mol. The van der Waals surface area contributed by atoms with Gasteiger partial charge in [-0.1, -0.05) is 13.3 Å². The Labute approximate surface area is 111 Å². The van der Waals surface area contributed by atoms with Crippen LogP contribution in [0, 0.1) is 17.5 Å². The Morgan fingerprint density at radius 1 is 1.16 bits per heavy atom. The van der Waals surface area contributed by atoms with Gasteiger partial charge in [-0.3, -0.25) is 4.90 Å². The summed E-state index contributed by atoms with van der Waals surface area (Å²) in [4.78, 5) is 2.03. The van der Waals surface area contributed by atoms with Crippen LogP contribution in [0.4, 0.5) is 13.2 Å². The smallest absolute Gasteiger partial charge is 0.166 e. The van der Waals surface area contributed by atoms with Crippen LogP contribution in [0.15, 0.2) is 12.1 Å². The average molecular weight is 272 g/mol. The van der Waals surface area contributed by atoms with E-state index in [1.165, 1.54) is 0 Å². The van der Waals surface area contributed by atoms with Crippen LogP contribution in [-0.4, -0.2) is 31.1 Å². The van der Waals surface area contributed by atoms with Crippen molar-refractivity contribution in [2.75, 3.05) is 26.2 Å². The van der Waals surface area contributed by atoms with E-state index in [1.807, 2.05) is 11.8 Å². The molecule has 0 saturated carbocycles. The Kier molecular flexibility index (Phi) is 4.82. The molecule has 106 valence electrons. The van der Waals surface area contributed by atoms with E-state index in [0.717, 1.165) is 44.7 Å². The van der Waals surface area contributed by atoms with E-state index < -0.39 is 17.5 Å². The van der Waals surface area contributed by atoms with Gasteiger partial charge in [0.1, 0.15) is 5.82 Å². The number of halogens is 3. The highest BCUT2D eigenvalue weighted by Crippen LogP contribution is 2.31. The lowest BCUT2D eigenvalue weighted by Gasteiger charge is -2.35. The van der Waals surface area contributed by atoms with Gasteiger partial charge in [-0.2, -0.15) is 0 Å². The Hall–Kier alpha value is -1.07. The number of nitrogens with zero attached hydrogens (tertiary/aromatic N) is 1. The van der Waals surface area contributed by atoms with Crippen LogP contribution in [0.2, 0.25) is 0 Å². The maximum Gasteiger partial charge on any atom is 0.166 e. The van der Waals surface area contributed by atoms with Crippen LogP contribution in [0.5, 0.6) is 0 Å². The molecule has 0 radical (unpaired) electrons. The first-order valence-electron chi connectivity index (χ1n) is 6.73. The van der Waals surface area contributed by atoms with Gasteiger partial charge in [-0.25, -0.2) is 13.2 Å². The molecule has 1 N–H and O–H groups in total. The van der Waals surface area contributed by atoms with Crippen molar-refractivity contribution in [2.24, 2.45) is 0 Å². The van der Waals surface area contributed by atoms with E-state index in [9.17, 15) is 13.2 Å². The lowest BCUT2D eigenvalue weighted by molar-refractivity contribution is 0.157. The van der Waals surface area contributed by atoms with Gasteiger partial charge in [0.25, 0.3) is 0 Å². The van der Waals surface area contributed by atoms with Crippen molar-refractivity contribution in [2.45, 2.75) is 25.8 Å². The first kappa shape index (κ1) is 14.3. The zero-order chi connectivity index (χ0) is 13.8. The van der Waals surface area contributed by atoms with E-state index in [2.05, 4.69) is 5.32 Å². The Bertz CT molecular complexity index is 431. The largest absolute Gasteiger partial charge is 0.314 e. The summed E-state index contributed by atoms with van der Waals surface area (Å²) in [5.74, 6) is -2.68. The lowest BCUT2D eigenvalue weighted by Crippen LogP contribution is -2.45. The summed E-state index contributed by atoms with van der Waals surface area (Å²) in [7, 11) is 0. The first-order valence-corrected chi connectivity index (χ1v) is 6.73. The SMILES string of the molecule is CCC[C@@H](c1c(F)ccc(F)c1F)N1CCNCC1. The van der Waals surface area contributed by atoms with Crippen LogP contribution < -0.4 is 5.32 Å². The minimum Gasteiger partial charge on any atom is -0.314 e. The molecule has 19 heavy (non-hydrogen) atoms. The highest BCUT2D eigenvalue weighted by Gasteiger charge is 2.28. The van der Waals surface area contributed by atoms with Crippen molar-refractivity contribution < 1.29 is 13.2 Å². The summed E-state index contributed by atoms with van der Waals surface area (Å²) in [5.41, 5.74) is -0.122. The molecule has 1 atom stereocenters. The van der Waals surface area contributed by atoms with Crippen molar-refractivity contribution in [1.82, 2.24) is 10.2 Å². The second-order valence-electron chi connectivity index (χ2n) is 4.85. The molecule has 1 aliphatic heterocycles. The number of benzene rings is 1. The van der Waals surface area contributed by atoms with Crippen molar-refractivity contribution in [3.63, 3.8) is 0 Å². The van der Waals surface area contributed by atoms with E-state index in [4.69, 9.17) is 0 Å². The molecule has 0 amide bonds. The van der Waals surface area contributed by atoms with Gasteiger partial charge in [0.2, 0.25) is 0 Å². The zero-order valence-corrected chi connectivity index (χ0v) is 11.1. The Balaban J connectivity index is 2.35. The van der Waals surface area contributed by atoms with Gasteiger partial charge in [0, 0.05) is 37.8 Å². The van der Waals surface area contributed by atoms with E-state index in [0.29, 0.717) is 6.42 Å². The predicted molar refractivity (Wildman–Crippen MR) is 68.4 cm³/mol. The summed E-state index contributed by atoms with van der Waals surface area (Å²) < 4.78 is 41.2. The van der Waals surface area contributed by atoms with Crippen molar-refractivity contribution in [3.8, 4) is 0 Å². The van der Waals surface area contributed by atoms with Crippen LogP contribution in [-0.2, 0) is 0 Å². The third kappa shape index (κ3) is 3.09. The van der Waals surface area contributed by atoms with Gasteiger partial charge in [0.15, 0.2) is 11.6 Å². The average Bonchev–Trinajstić information content (AvgIpc) is 2.43. The summed E-state index contributed by atoms with van der Waals surface area (Å²) in [6, 6.07) is 1.47. The normalized spacial score (nSPS) is 18.5. The number of nitrogens with one attached hydrogen (secondary N) is 1. The minimum absolute atomic E-state index is 0.122. The molecular formula is C14H19F3N2. The fourth-order valence-corrected chi connectivity index (χ4v) is 2.62. The third-order valence-electron chi connectivity index (χ3n) is 3.57. The lowest BCUT2D eigenvalue weighted by atomic mass is 9.98. The molecule has 1 fully saturated rings. The second-order valence-corrected chi connectivity index (χ2v) is 4.85. The Morgan fingerprint density at radius 2 is 1.79 bits per heavy atom. The van der Waals surface area contributed by atoms with Gasteiger partial charge in [-0.15, -0.1) is 0 Å². The molecular weight excluding hydrogens is 253 g/mol. The maximum atomic E-state index is 13.9. The number of hydrogen-bond donors (Lipinski definition) is 1. The highest BCUT2D eigenvalue weighted by atomic mass is 19.2. The molecule has 1 saturated heterocycles. The first-order chi connectivity index (χ1) is 9.15. The van der Waals surface area contributed by atoms with Gasteiger partial charge < -0.3 is 5.32 Å². The molecule has 5 heteroatoms. The molecule has 0 unspecified atom stereocenters. The van der Waals surface area contributed by atoms with Gasteiger partial charge >= 0.3 is 0 Å². The molecule has 0 aromatic heterocycles. The van der Waals surface area contributed by atoms with Crippen molar-refractivity contribution >= 4 is 0 Å². The quantitative estimate of drug-likeness (QED) is 0.848. The molecule has 2 nitrogen and oxygen atoms in total. The molecule has 0 spiro atoms. The predicted octanol–water partition coefficient (Wildman–Crippen LogP) is 2.85. The fraction of sp³-hybridized carbons (Fsp3) is 0.571. The summed E-state index contributed by atoms with van der Waals surface area (Å²) in [6.45, 7) is 4.99. The summed E-state index contributed by atoms with van der Waals surface area (Å²) in [5, 5.41) is 3.20. The zero-order valence-electron chi connectivity index (χ0n) is 11.1. The van der Waals surface area contributed by atoms with Crippen LogP contribution in [0.25, 0.3) is 0 Å². The molecule has 1 aromatic rings. The standard InChI is InChI=1S/C14H19F3N2/c1-2-3-12(19-8-6-18-7-9-19)13-10(15)4-5-11(16)14(13)17/h4-5,12,18H,2-3,6-9H2,1H3/t12-/m0/s1. The van der Waals surface area contributed by atoms with Crippen LogP contribution in [0.3, 0.4) is 0 Å². The van der Waals surface area contributed by atoms with Gasteiger partial charge in [-0.05, 0) is 18.6 Å². The number of piperazine rings is 1. The topological polar surface area (TPSA) is 15.3 Å². The van der Waals surface area contributed by atoms with Gasteiger partial charge in [0.05, 0.1) is 0 Å². The maximum absolute atomic E-state index is 13.9. The minimum atomic E-state index is -1.04. The third-order valence-corrected chi connectivity index (χ3v) is 3.57. The summed E-state index contributed by atoms with van der Waals surface area (Å²) in [6.07, 6.45) is 1.42.